The lowest BCUT2D eigenvalue weighted by atomic mass is 10.1. The van der Waals surface area contributed by atoms with Gasteiger partial charge in [-0.25, -0.2) is 4.79 Å². The molecule has 9 heteroatoms. The zero-order valence-electron chi connectivity index (χ0n) is 10.7. The van der Waals surface area contributed by atoms with E-state index >= 15 is 0 Å². The fourth-order valence-corrected chi connectivity index (χ4v) is 0.674. The van der Waals surface area contributed by atoms with Crippen LogP contribution in [-0.2, 0) is 19.2 Å². The van der Waals surface area contributed by atoms with Crippen LogP contribution in [0.5, 0.6) is 0 Å². The smallest absolute Gasteiger partial charge is 0.334 e. The molecular formula is C9H17N3O6. The Morgan fingerprint density at radius 3 is 2.50 bits per heavy atom. The van der Waals surface area contributed by atoms with Gasteiger partial charge in [0.25, 0.3) is 6.79 Å². The molecular weight excluding hydrogens is 246 g/mol. The Hall–Kier alpha value is -2.06. The molecule has 0 unspecified atom stereocenters. The number of hydrogen-bond acceptors (Lipinski definition) is 6. The van der Waals surface area contributed by atoms with Crippen molar-refractivity contribution in [2.24, 2.45) is 5.28 Å². The van der Waals surface area contributed by atoms with E-state index in [1.807, 2.05) is 0 Å². The first-order chi connectivity index (χ1) is 8.23. The highest BCUT2D eigenvalue weighted by molar-refractivity contribution is 5.77. The van der Waals surface area contributed by atoms with E-state index < -0.39 is 24.3 Å². The van der Waals surface area contributed by atoms with Gasteiger partial charge in [0.05, 0.1) is 12.0 Å². The monoisotopic (exact) mass is 263 g/mol. The Morgan fingerprint density at radius 1 is 1.50 bits per heavy atom. The van der Waals surface area contributed by atoms with Crippen LogP contribution in [-0.4, -0.2) is 46.4 Å². The molecule has 0 amide bonds. The SMILES string of the molecule is CCC(=O)OCO/N=[N+](\[O-])N(C)C(C)(C)C(=O)O. The summed E-state index contributed by atoms with van der Waals surface area (Å²) in [5.41, 5.74) is -1.45. The van der Waals surface area contributed by atoms with Gasteiger partial charge in [0.15, 0.2) is 5.54 Å². The molecule has 0 rings (SSSR count). The summed E-state index contributed by atoms with van der Waals surface area (Å²) in [6.07, 6.45) is 0.177. The predicted octanol–water partition coefficient (Wildman–Crippen LogP) is 0.501. The van der Waals surface area contributed by atoms with E-state index in [1.54, 1.807) is 6.92 Å². The third kappa shape index (κ3) is 4.44. The molecule has 0 saturated heterocycles. The lowest BCUT2D eigenvalue weighted by Gasteiger charge is -2.26. The highest BCUT2D eigenvalue weighted by Gasteiger charge is 2.38. The van der Waals surface area contributed by atoms with Gasteiger partial charge in [-0.15, -0.1) is 5.01 Å². The first kappa shape index (κ1) is 15.9. The molecule has 0 aromatic carbocycles. The molecule has 1 N–H and O–H groups in total. The first-order valence-electron chi connectivity index (χ1n) is 5.16. The quantitative estimate of drug-likeness (QED) is 0.177. The number of rotatable bonds is 7. The number of carbonyl (C=O) groups is 2. The lowest BCUT2D eigenvalue weighted by molar-refractivity contribution is -0.718. The molecule has 0 aromatic rings. The Balaban J connectivity index is 4.34. The summed E-state index contributed by atoms with van der Waals surface area (Å²) in [6, 6.07) is 0. The van der Waals surface area contributed by atoms with Gasteiger partial charge < -0.3 is 19.9 Å². The van der Waals surface area contributed by atoms with Crippen molar-refractivity contribution >= 4 is 11.9 Å². The second-order valence-corrected chi connectivity index (χ2v) is 3.84. The molecule has 0 radical (unpaired) electrons. The summed E-state index contributed by atoms with van der Waals surface area (Å²) < 4.78 is 4.50. The van der Waals surface area contributed by atoms with Gasteiger partial charge in [0.1, 0.15) is 0 Å². The number of ether oxygens (including phenoxy) is 1. The lowest BCUT2D eigenvalue weighted by Crippen LogP contribution is -2.50. The number of nitrogens with zero attached hydrogens (tertiary/aromatic N) is 3. The number of aliphatic carboxylic acids is 1. The molecule has 0 aliphatic carbocycles. The summed E-state index contributed by atoms with van der Waals surface area (Å²) in [5, 5.41) is 24.1. The van der Waals surface area contributed by atoms with Crippen LogP contribution in [0.2, 0.25) is 0 Å². The molecule has 0 spiro atoms. The largest absolute Gasteiger partial charge is 0.569 e. The maximum absolute atomic E-state index is 11.4. The van der Waals surface area contributed by atoms with Gasteiger partial charge in [-0.2, -0.15) is 0 Å². The summed E-state index contributed by atoms with van der Waals surface area (Å²) in [6.45, 7) is 3.75. The van der Waals surface area contributed by atoms with Crippen molar-refractivity contribution in [3.8, 4) is 0 Å². The van der Waals surface area contributed by atoms with E-state index in [-0.39, 0.29) is 11.4 Å². The van der Waals surface area contributed by atoms with Gasteiger partial charge in [-0.3, -0.25) is 4.79 Å². The number of hydrazine groups is 1. The summed E-state index contributed by atoms with van der Waals surface area (Å²) in [5.74, 6) is -1.69. The predicted molar refractivity (Wildman–Crippen MR) is 57.9 cm³/mol. The third-order valence-corrected chi connectivity index (χ3v) is 2.28. The average molecular weight is 263 g/mol. The topological polar surface area (TPSA) is 114 Å². The van der Waals surface area contributed by atoms with Crippen LogP contribution in [0.3, 0.4) is 0 Å². The number of carboxylic acid groups (broad SMARTS) is 1. The minimum atomic E-state index is -1.45. The summed E-state index contributed by atoms with van der Waals surface area (Å²) in [7, 11) is 1.24. The van der Waals surface area contributed by atoms with Crippen LogP contribution < -0.4 is 0 Å². The molecule has 0 saturated carbocycles. The maximum Gasteiger partial charge on any atom is 0.334 e. The molecule has 0 atom stereocenters. The van der Waals surface area contributed by atoms with Crippen molar-refractivity contribution in [3.05, 3.63) is 5.21 Å². The van der Waals surface area contributed by atoms with E-state index in [9.17, 15) is 14.8 Å². The fourth-order valence-electron chi connectivity index (χ4n) is 0.674. The zero-order chi connectivity index (χ0) is 14.3. The molecule has 0 aliphatic heterocycles. The van der Waals surface area contributed by atoms with Gasteiger partial charge in [-0.1, -0.05) is 6.92 Å². The minimum absolute atomic E-state index is 0.0338. The Labute approximate surface area is 104 Å². The molecule has 0 fully saturated rings. The van der Waals surface area contributed by atoms with E-state index in [4.69, 9.17) is 5.11 Å². The third-order valence-electron chi connectivity index (χ3n) is 2.28. The van der Waals surface area contributed by atoms with Crippen molar-refractivity contribution in [1.29, 1.82) is 0 Å². The Morgan fingerprint density at radius 2 is 2.06 bits per heavy atom. The van der Waals surface area contributed by atoms with Gasteiger partial charge >= 0.3 is 11.9 Å². The zero-order valence-corrected chi connectivity index (χ0v) is 10.7. The summed E-state index contributed by atoms with van der Waals surface area (Å²) in [4.78, 5) is 26.0. The van der Waals surface area contributed by atoms with Crippen LogP contribution >= 0.6 is 0 Å². The van der Waals surface area contributed by atoms with Gasteiger partial charge in [-0.05, 0) is 13.8 Å². The highest BCUT2D eigenvalue weighted by atomic mass is 16.8. The van der Waals surface area contributed by atoms with Crippen LogP contribution in [0.25, 0.3) is 0 Å². The first-order valence-corrected chi connectivity index (χ1v) is 5.16. The van der Waals surface area contributed by atoms with Gasteiger partial charge in [0, 0.05) is 6.42 Å². The Kier molecular flexibility index (Phi) is 5.86. The van der Waals surface area contributed by atoms with Crippen molar-refractivity contribution in [1.82, 2.24) is 5.01 Å². The average Bonchev–Trinajstić information content (AvgIpc) is 2.32. The second kappa shape index (κ2) is 6.62. The number of hydrogen-bond donors (Lipinski definition) is 1. The van der Waals surface area contributed by atoms with Crippen LogP contribution in [0.15, 0.2) is 5.28 Å². The maximum atomic E-state index is 11.4. The molecule has 0 aromatic heterocycles. The number of esters is 1. The van der Waals surface area contributed by atoms with Gasteiger partial charge in [0.2, 0.25) is 5.28 Å². The second-order valence-electron chi connectivity index (χ2n) is 3.84. The highest BCUT2D eigenvalue weighted by Crippen LogP contribution is 2.12. The van der Waals surface area contributed by atoms with Crippen molar-refractivity contribution < 1.29 is 29.2 Å². The summed E-state index contributed by atoms with van der Waals surface area (Å²) >= 11 is 0. The van der Waals surface area contributed by atoms with Crippen molar-refractivity contribution in [3.63, 3.8) is 0 Å². The Bertz CT molecular complexity index is 341. The molecule has 0 aliphatic rings. The molecule has 104 valence electrons. The van der Waals surface area contributed by atoms with Crippen LogP contribution in [0.1, 0.15) is 27.2 Å². The van der Waals surface area contributed by atoms with Crippen molar-refractivity contribution in [2.75, 3.05) is 13.8 Å². The minimum Gasteiger partial charge on any atom is -0.569 e. The molecule has 9 nitrogen and oxygen atoms in total. The van der Waals surface area contributed by atoms with Crippen LogP contribution in [0.4, 0.5) is 0 Å². The number of carbonyl (C=O) groups excluding carboxylic acids is 1. The van der Waals surface area contributed by atoms with E-state index in [2.05, 4.69) is 14.9 Å². The van der Waals surface area contributed by atoms with E-state index in [1.165, 1.54) is 20.9 Å². The molecule has 0 heterocycles. The molecule has 18 heavy (non-hydrogen) atoms. The van der Waals surface area contributed by atoms with E-state index in [0.717, 1.165) is 5.01 Å². The number of likely N-dealkylation sites (N-methyl/N-ethyl adjacent to an activating group) is 1. The van der Waals surface area contributed by atoms with E-state index in [0.29, 0.717) is 0 Å². The number of carboxylic acids is 1. The molecule has 0 bridgehead atoms. The standard InChI is InChI=1S/C9H17N3O6/c1-5-7(13)17-6-18-10-12(16)11(4)9(2,3)8(14)15/h5-6H2,1-4H3,(H,14,15)/b12-10-. The normalized spacial score (nSPS) is 11.9. The van der Waals surface area contributed by atoms with Crippen molar-refractivity contribution in [2.45, 2.75) is 32.7 Å². The van der Waals surface area contributed by atoms with Crippen LogP contribution in [0, 0.1) is 5.21 Å². The fraction of sp³-hybridized carbons (Fsp3) is 0.778.